The first-order valence-corrected chi connectivity index (χ1v) is 5.73. The minimum Gasteiger partial charge on any atom is -0.508 e. The highest BCUT2D eigenvalue weighted by molar-refractivity contribution is 6.30. The number of nitrogens with two attached hydrogens (primary N) is 1. The van der Waals surface area contributed by atoms with E-state index in [4.69, 9.17) is 17.3 Å². The van der Waals surface area contributed by atoms with Crippen LogP contribution in [0.4, 0.5) is 0 Å². The van der Waals surface area contributed by atoms with E-state index >= 15 is 0 Å². The first-order valence-electron chi connectivity index (χ1n) is 5.35. The van der Waals surface area contributed by atoms with Crippen LogP contribution >= 0.6 is 11.6 Å². The number of halogens is 1. The molecule has 0 radical (unpaired) electrons. The number of hydrogen-bond donors (Lipinski definition) is 2. The molecule has 2 fully saturated rings. The molecule has 0 spiro atoms. The molecule has 2 saturated carbocycles. The highest BCUT2D eigenvalue weighted by Crippen LogP contribution is 2.65. The third kappa shape index (κ3) is 1.21. The number of rotatable bonds is 2. The Hall–Kier alpha value is -0.730. The van der Waals surface area contributed by atoms with Crippen molar-refractivity contribution in [3.8, 4) is 5.75 Å². The normalized spacial score (nSPS) is 24.9. The van der Waals surface area contributed by atoms with E-state index in [0.29, 0.717) is 10.8 Å². The van der Waals surface area contributed by atoms with Crippen molar-refractivity contribution >= 4 is 11.6 Å². The molecule has 15 heavy (non-hydrogen) atoms. The molecule has 0 bridgehead atoms. The number of phenols is 1. The SMILES string of the molecule is NC1(C2(c3cc(Cl)ccc3O)CC2)CC1. The van der Waals surface area contributed by atoms with Crippen LogP contribution in [0.15, 0.2) is 18.2 Å². The second-order valence-electron chi connectivity index (χ2n) is 4.90. The number of aromatic hydroxyl groups is 1. The van der Waals surface area contributed by atoms with Crippen molar-refractivity contribution in [2.24, 2.45) is 5.73 Å². The van der Waals surface area contributed by atoms with E-state index in [0.717, 1.165) is 31.2 Å². The zero-order valence-corrected chi connectivity index (χ0v) is 9.22. The fourth-order valence-electron chi connectivity index (χ4n) is 2.67. The topological polar surface area (TPSA) is 46.2 Å². The molecule has 0 aliphatic heterocycles. The van der Waals surface area contributed by atoms with Gasteiger partial charge in [-0.1, -0.05) is 11.6 Å². The molecule has 3 heteroatoms. The summed E-state index contributed by atoms with van der Waals surface area (Å²) < 4.78 is 0. The van der Waals surface area contributed by atoms with Gasteiger partial charge in [-0.3, -0.25) is 0 Å². The lowest BCUT2D eigenvalue weighted by Gasteiger charge is -2.24. The van der Waals surface area contributed by atoms with E-state index in [2.05, 4.69) is 0 Å². The van der Waals surface area contributed by atoms with Gasteiger partial charge in [0.1, 0.15) is 5.75 Å². The average molecular weight is 224 g/mol. The van der Waals surface area contributed by atoms with Crippen LogP contribution in [0.5, 0.6) is 5.75 Å². The van der Waals surface area contributed by atoms with Gasteiger partial charge in [-0.05, 0) is 43.9 Å². The third-order valence-electron chi connectivity index (χ3n) is 3.97. The highest BCUT2D eigenvalue weighted by Gasteiger charge is 2.64. The number of benzene rings is 1. The Bertz CT molecular complexity index is 422. The molecule has 0 atom stereocenters. The van der Waals surface area contributed by atoms with Crippen LogP contribution in [0, 0.1) is 0 Å². The van der Waals surface area contributed by atoms with E-state index in [-0.39, 0.29) is 11.0 Å². The molecule has 3 rings (SSSR count). The summed E-state index contributed by atoms with van der Waals surface area (Å²) in [6, 6.07) is 5.26. The molecule has 0 unspecified atom stereocenters. The third-order valence-corrected chi connectivity index (χ3v) is 4.20. The maximum absolute atomic E-state index is 9.89. The van der Waals surface area contributed by atoms with Gasteiger partial charge in [0.05, 0.1) is 0 Å². The Kier molecular flexibility index (Phi) is 1.70. The van der Waals surface area contributed by atoms with Gasteiger partial charge in [0.15, 0.2) is 0 Å². The quantitative estimate of drug-likeness (QED) is 0.810. The summed E-state index contributed by atoms with van der Waals surface area (Å²) >= 11 is 5.97. The van der Waals surface area contributed by atoms with Crippen molar-refractivity contribution in [1.29, 1.82) is 0 Å². The lowest BCUT2D eigenvalue weighted by atomic mass is 9.85. The van der Waals surface area contributed by atoms with E-state index in [1.54, 1.807) is 12.1 Å². The minimum absolute atomic E-state index is 0.0159. The lowest BCUT2D eigenvalue weighted by molar-refractivity contribution is 0.434. The van der Waals surface area contributed by atoms with E-state index < -0.39 is 0 Å². The number of phenolic OH excluding ortho intramolecular Hbond substituents is 1. The molecule has 1 aromatic rings. The van der Waals surface area contributed by atoms with E-state index in [1.165, 1.54) is 0 Å². The maximum atomic E-state index is 9.89. The first kappa shape index (κ1) is 9.49. The molecule has 3 N–H and O–H groups in total. The van der Waals surface area contributed by atoms with Gasteiger partial charge in [-0.15, -0.1) is 0 Å². The van der Waals surface area contributed by atoms with E-state index in [9.17, 15) is 5.11 Å². The lowest BCUT2D eigenvalue weighted by Crippen LogP contribution is -2.37. The second kappa shape index (κ2) is 2.69. The highest BCUT2D eigenvalue weighted by atomic mass is 35.5. The Morgan fingerprint density at radius 3 is 2.40 bits per heavy atom. The largest absolute Gasteiger partial charge is 0.508 e. The minimum atomic E-state index is -0.0742. The smallest absolute Gasteiger partial charge is 0.119 e. The van der Waals surface area contributed by atoms with Gasteiger partial charge in [0, 0.05) is 21.5 Å². The Balaban J connectivity index is 2.09. The number of hydrogen-bond acceptors (Lipinski definition) is 2. The molecule has 0 amide bonds. The maximum Gasteiger partial charge on any atom is 0.119 e. The summed E-state index contributed by atoms with van der Waals surface area (Å²) in [5.41, 5.74) is 7.18. The van der Waals surface area contributed by atoms with Crippen molar-refractivity contribution in [2.75, 3.05) is 0 Å². The Morgan fingerprint density at radius 1 is 1.20 bits per heavy atom. The summed E-state index contributed by atoms with van der Waals surface area (Å²) in [7, 11) is 0. The van der Waals surface area contributed by atoms with Gasteiger partial charge < -0.3 is 10.8 Å². The zero-order valence-electron chi connectivity index (χ0n) is 8.46. The average Bonchev–Trinajstić information content (AvgIpc) is 3.05. The molecular formula is C12H14ClNO. The van der Waals surface area contributed by atoms with Gasteiger partial charge in [0.2, 0.25) is 0 Å². The first-order chi connectivity index (χ1) is 7.07. The van der Waals surface area contributed by atoms with Crippen LogP contribution in [0.2, 0.25) is 5.02 Å². The molecule has 1 aromatic carbocycles. The summed E-state index contributed by atoms with van der Waals surface area (Å²) in [4.78, 5) is 0. The van der Waals surface area contributed by atoms with Crippen LogP contribution < -0.4 is 5.73 Å². The predicted molar refractivity (Wildman–Crippen MR) is 60.2 cm³/mol. The van der Waals surface area contributed by atoms with Gasteiger partial charge in [-0.2, -0.15) is 0 Å². The monoisotopic (exact) mass is 223 g/mol. The molecule has 0 aromatic heterocycles. The molecule has 80 valence electrons. The van der Waals surface area contributed by atoms with Crippen molar-refractivity contribution in [3.63, 3.8) is 0 Å². The summed E-state index contributed by atoms with van der Waals surface area (Å²) in [5.74, 6) is 0.341. The Morgan fingerprint density at radius 2 is 1.87 bits per heavy atom. The van der Waals surface area contributed by atoms with Crippen molar-refractivity contribution in [3.05, 3.63) is 28.8 Å². The molecule has 2 nitrogen and oxygen atoms in total. The van der Waals surface area contributed by atoms with Crippen LogP contribution in [-0.4, -0.2) is 10.6 Å². The van der Waals surface area contributed by atoms with Crippen LogP contribution in [0.3, 0.4) is 0 Å². The zero-order chi connectivity index (χ0) is 10.7. The summed E-state index contributed by atoms with van der Waals surface area (Å²) in [6.07, 6.45) is 4.30. The van der Waals surface area contributed by atoms with Crippen LogP contribution in [-0.2, 0) is 5.41 Å². The fourth-order valence-corrected chi connectivity index (χ4v) is 2.84. The molecule has 0 saturated heterocycles. The second-order valence-corrected chi connectivity index (χ2v) is 5.34. The van der Waals surface area contributed by atoms with Gasteiger partial charge >= 0.3 is 0 Å². The standard InChI is InChI=1S/C12H14ClNO/c13-8-1-2-10(15)9(7-8)11(3-4-11)12(14)5-6-12/h1-2,7,15H,3-6,14H2. The van der Waals surface area contributed by atoms with Crippen molar-refractivity contribution < 1.29 is 5.11 Å². The predicted octanol–water partition coefficient (Wildman–Crippen LogP) is 2.57. The van der Waals surface area contributed by atoms with Crippen LogP contribution in [0.25, 0.3) is 0 Å². The molecular weight excluding hydrogens is 210 g/mol. The molecule has 2 aliphatic rings. The molecule has 2 aliphatic carbocycles. The van der Waals surface area contributed by atoms with Crippen LogP contribution in [0.1, 0.15) is 31.2 Å². The van der Waals surface area contributed by atoms with Crippen molar-refractivity contribution in [2.45, 2.75) is 36.6 Å². The summed E-state index contributed by atoms with van der Waals surface area (Å²) in [6.45, 7) is 0. The fraction of sp³-hybridized carbons (Fsp3) is 0.500. The van der Waals surface area contributed by atoms with Crippen molar-refractivity contribution in [1.82, 2.24) is 0 Å². The molecule has 0 heterocycles. The van der Waals surface area contributed by atoms with Gasteiger partial charge in [-0.25, -0.2) is 0 Å². The Labute approximate surface area is 94.0 Å². The summed E-state index contributed by atoms with van der Waals surface area (Å²) in [5, 5.41) is 10.6. The van der Waals surface area contributed by atoms with E-state index in [1.807, 2.05) is 6.07 Å². The van der Waals surface area contributed by atoms with Gasteiger partial charge in [0.25, 0.3) is 0 Å².